The van der Waals surface area contributed by atoms with Crippen LogP contribution < -0.4 is 0 Å². The van der Waals surface area contributed by atoms with E-state index in [0.29, 0.717) is 0 Å². The van der Waals surface area contributed by atoms with Gasteiger partial charge in [0.2, 0.25) is 0 Å². The van der Waals surface area contributed by atoms with E-state index in [4.69, 9.17) is 0 Å². The molecule has 22 heavy (non-hydrogen) atoms. The second-order valence-electron chi connectivity index (χ2n) is 5.98. The summed E-state index contributed by atoms with van der Waals surface area (Å²) in [5.41, 5.74) is 4.72. The zero-order chi connectivity index (χ0) is 15.1. The Balaban J connectivity index is 1.90. The summed E-state index contributed by atoms with van der Waals surface area (Å²) in [6.07, 6.45) is 2.82. The summed E-state index contributed by atoms with van der Waals surface area (Å²) in [6, 6.07) is 11.1. The Morgan fingerprint density at radius 2 is 2.14 bits per heavy atom. The molecule has 0 saturated heterocycles. The average Bonchev–Trinajstić information content (AvgIpc) is 2.81. The molecule has 0 amide bonds. The third-order valence-corrected chi connectivity index (χ3v) is 4.45. The third-order valence-electron chi connectivity index (χ3n) is 4.45. The number of rotatable bonds is 2. The fraction of sp³-hybridized carbons (Fsp3) is 0.278. The van der Waals surface area contributed by atoms with Gasteiger partial charge >= 0.3 is 0 Å². The van der Waals surface area contributed by atoms with Crippen LogP contribution in [0.3, 0.4) is 0 Å². The summed E-state index contributed by atoms with van der Waals surface area (Å²) >= 11 is 0. The molecule has 0 spiro atoms. The van der Waals surface area contributed by atoms with Crippen molar-refractivity contribution in [1.82, 2.24) is 14.5 Å². The molecule has 0 unspecified atom stereocenters. The largest absolute Gasteiger partial charge is 0.338 e. The van der Waals surface area contributed by atoms with Crippen LogP contribution in [0.25, 0.3) is 10.9 Å². The van der Waals surface area contributed by atoms with Gasteiger partial charge in [0.05, 0.1) is 12.2 Å². The molecule has 0 N–H and O–H groups in total. The Bertz CT molecular complexity index is 823. The lowest BCUT2D eigenvalue weighted by Crippen LogP contribution is -2.27. The Labute approximate surface area is 129 Å². The average molecular weight is 295 g/mol. The standard InChI is InChI=1S/C18H18FN3/c1-21-9-7-18-16(12-21)15-10-13(19)5-6-17(15)22(18)11-14-4-2-3-8-20-14/h2-6,8,10H,7,9,11-12H2,1H3. The van der Waals surface area contributed by atoms with Gasteiger partial charge in [0.1, 0.15) is 5.82 Å². The Kier molecular flexibility index (Phi) is 3.19. The summed E-state index contributed by atoms with van der Waals surface area (Å²) < 4.78 is 16.0. The normalized spacial score (nSPS) is 15.2. The number of hydrogen-bond acceptors (Lipinski definition) is 2. The molecule has 3 aromatic rings. The number of likely N-dealkylation sites (N-methyl/N-ethyl adjacent to an activating group) is 1. The zero-order valence-electron chi connectivity index (χ0n) is 12.6. The second kappa shape index (κ2) is 5.21. The zero-order valence-corrected chi connectivity index (χ0v) is 12.6. The molecule has 4 heteroatoms. The molecule has 1 aliphatic rings. The highest BCUT2D eigenvalue weighted by Gasteiger charge is 2.22. The highest BCUT2D eigenvalue weighted by molar-refractivity contribution is 5.86. The smallest absolute Gasteiger partial charge is 0.123 e. The first-order valence-electron chi connectivity index (χ1n) is 7.60. The Hall–Kier alpha value is -2.20. The molecule has 0 atom stereocenters. The van der Waals surface area contributed by atoms with Crippen molar-refractivity contribution < 1.29 is 4.39 Å². The van der Waals surface area contributed by atoms with Gasteiger partial charge < -0.3 is 9.47 Å². The SMILES string of the molecule is CN1CCc2c(c3cc(F)ccc3n2Cc2ccccn2)C1. The van der Waals surface area contributed by atoms with Gasteiger partial charge in [-0.1, -0.05) is 6.07 Å². The lowest BCUT2D eigenvalue weighted by molar-refractivity contribution is 0.310. The van der Waals surface area contributed by atoms with E-state index >= 15 is 0 Å². The highest BCUT2D eigenvalue weighted by Crippen LogP contribution is 2.31. The van der Waals surface area contributed by atoms with Gasteiger partial charge in [-0.2, -0.15) is 0 Å². The number of fused-ring (bicyclic) bond motifs is 3. The number of nitrogens with zero attached hydrogens (tertiary/aromatic N) is 3. The fourth-order valence-corrected chi connectivity index (χ4v) is 3.39. The van der Waals surface area contributed by atoms with Gasteiger partial charge in [0.25, 0.3) is 0 Å². The van der Waals surface area contributed by atoms with E-state index in [1.165, 1.54) is 11.3 Å². The second-order valence-corrected chi connectivity index (χ2v) is 5.98. The predicted octanol–water partition coefficient (Wildman–Crippen LogP) is 3.21. The van der Waals surface area contributed by atoms with Crippen molar-refractivity contribution in [3.63, 3.8) is 0 Å². The van der Waals surface area contributed by atoms with Crippen molar-refractivity contribution >= 4 is 10.9 Å². The molecule has 0 bridgehead atoms. The van der Waals surface area contributed by atoms with Crippen LogP contribution in [0.1, 0.15) is 17.0 Å². The summed E-state index contributed by atoms with van der Waals surface area (Å²) in [5, 5.41) is 1.04. The predicted molar refractivity (Wildman–Crippen MR) is 85.3 cm³/mol. The number of aromatic nitrogens is 2. The number of hydrogen-bond donors (Lipinski definition) is 0. The van der Waals surface area contributed by atoms with Gasteiger partial charge in [-0.25, -0.2) is 4.39 Å². The maximum Gasteiger partial charge on any atom is 0.123 e. The molecule has 3 heterocycles. The van der Waals surface area contributed by atoms with Gasteiger partial charge in [0, 0.05) is 42.3 Å². The van der Waals surface area contributed by atoms with E-state index < -0.39 is 0 Å². The minimum absolute atomic E-state index is 0.168. The van der Waals surface area contributed by atoms with E-state index in [1.807, 2.05) is 30.5 Å². The van der Waals surface area contributed by atoms with Crippen LogP contribution in [0, 0.1) is 5.82 Å². The lowest BCUT2D eigenvalue weighted by Gasteiger charge is -2.24. The van der Waals surface area contributed by atoms with Crippen LogP contribution in [-0.2, 0) is 19.5 Å². The Morgan fingerprint density at radius 1 is 1.23 bits per heavy atom. The van der Waals surface area contributed by atoms with Crippen LogP contribution in [0.4, 0.5) is 4.39 Å². The molecular formula is C18H18FN3. The van der Waals surface area contributed by atoms with Crippen molar-refractivity contribution in [1.29, 1.82) is 0 Å². The van der Waals surface area contributed by atoms with Crippen LogP contribution in [0.2, 0.25) is 0 Å². The first kappa shape index (κ1) is 13.5. The number of halogens is 1. The van der Waals surface area contributed by atoms with Crippen molar-refractivity contribution in [3.05, 3.63) is 65.4 Å². The third kappa shape index (κ3) is 2.20. The molecule has 0 radical (unpaired) electrons. The maximum absolute atomic E-state index is 13.7. The van der Waals surface area contributed by atoms with Gasteiger partial charge in [0.15, 0.2) is 0 Å². The number of pyridine rings is 1. The highest BCUT2D eigenvalue weighted by atomic mass is 19.1. The molecular weight excluding hydrogens is 277 g/mol. The molecule has 3 nitrogen and oxygen atoms in total. The molecule has 0 aliphatic carbocycles. The Morgan fingerprint density at radius 3 is 2.95 bits per heavy atom. The van der Waals surface area contributed by atoms with E-state index in [1.54, 1.807) is 12.1 Å². The van der Waals surface area contributed by atoms with E-state index in [-0.39, 0.29) is 5.82 Å². The first-order chi connectivity index (χ1) is 10.7. The van der Waals surface area contributed by atoms with Crippen molar-refractivity contribution in [2.45, 2.75) is 19.5 Å². The monoisotopic (exact) mass is 295 g/mol. The topological polar surface area (TPSA) is 21.1 Å². The molecule has 1 aromatic carbocycles. The number of benzene rings is 1. The van der Waals surface area contributed by atoms with Crippen LogP contribution in [0.15, 0.2) is 42.6 Å². The molecule has 2 aromatic heterocycles. The summed E-state index contributed by atoms with van der Waals surface area (Å²) in [4.78, 5) is 6.73. The maximum atomic E-state index is 13.7. The molecule has 112 valence electrons. The molecule has 4 rings (SSSR count). The van der Waals surface area contributed by atoms with Gasteiger partial charge in [-0.05, 0) is 42.9 Å². The molecule has 0 fully saturated rings. The summed E-state index contributed by atoms with van der Waals surface area (Å²) in [5.74, 6) is -0.168. The van der Waals surface area contributed by atoms with Crippen molar-refractivity contribution in [2.75, 3.05) is 13.6 Å². The van der Waals surface area contributed by atoms with Crippen LogP contribution in [0.5, 0.6) is 0 Å². The van der Waals surface area contributed by atoms with Crippen molar-refractivity contribution in [2.24, 2.45) is 0 Å². The minimum atomic E-state index is -0.168. The van der Waals surface area contributed by atoms with Crippen LogP contribution >= 0.6 is 0 Å². The van der Waals surface area contributed by atoms with Gasteiger partial charge in [-0.15, -0.1) is 0 Å². The van der Waals surface area contributed by atoms with Crippen molar-refractivity contribution in [3.8, 4) is 0 Å². The van der Waals surface area contributed by atoms with E-state index in [2.05, 4.69) is 21.5 Å². The minimum Gasteiger partial charge on any atom is -0.338 e. The van der Waals surface area contributed by atoms with Gasteiger partial charge in [-0.3, -0.25) is 4.98 Å². The fourth-order valence-electron chi connectivity index (χ4n) is 3.39. The first-order valence-corrected chi connectivity index (χ1v) is 7.60. The summed E-state index contributed by atoms with van der Waals surface area (Å²) in [7, 11) is 2.12. The quantitative estimate of drug-likeness (QED) is 0.724. The lowest BCUT2D eigenvalue weighted by atomic mass is 10.0. The van der Waals surface area contributed by atoms with Crippen LogP contribution in [-0.4, -0.2) is 28.0 Å². The molecule has 1 aliphatic heterocycles. The van der Waals surface area contributed by atoms with E-state index in [0.717, 1.165) is 42.7 Å². The summed E-state index contributed by atoms with van der Waals surface area (Å²) in [6.45, 7) is 2.65. The van der Waals surface area contributed by atoms with E-state index in [9.17, 15) is 4.39 Å². The molecule has 0 saturated carbocycles.